The van der Waals surface area contributed by atoms with Gasteiger partial charge in [0.15, 0.2) is 0 Å². The van der Waals surface area contributed by atoms with Gasteiger partial charge in [0.05, 0.1) is 25.5 Å². The summed E-state index contributed by atoms with van der Waals surface area (Å²) in [5, 5.41) is 9.26. The molecule has 0 aliphatic rings. The second kappa shape index (κ2) is 5.71. The van der Waals surface area contributed by atoms with Crippen LogP contribution >= 0.6 is 34.5 Å². The van der Waals surface area contributed by atoms with Crippen LogP contribution < -0.4 is 10.5 Å². The van der Waals surface area contributed by atoms with Crippen LogP contribution in [0.25, 0.3) is 0 Å². The van der Waals surface area contributed by atoms with Gasteiger partial charge >= 0.3 is 0 Å². The Labute approximate surface area is 129 Å². The molecule has 0 unspecified atom stereocenters. The zero-order chi connectivity index (χ0) is 14.9. The summed E-state index contributed by atoms with van der Waals surface area (Å²) in [5.41, 5.74) is 0.138. The predicted octanol–water partition coefficient (Wildman–Crippen LogP) is 2.95. The van der Waals surface area contributed by atoms with E-state index in [0.717, 1.165) is 12.1 Å². The quantitative estimate of drug-likeness (QED) is 0.891. The number of primary sulfonamides is 1. The van der Waals surface area contributed by atoms with Crippen LogP contribution in [0.3, 0.4) is 0 Å². The van der Waals surface area contributed by atoms with Gasteiger partial charge < -0.3 is 5.32 Å². The highest BCUT2D eigenvalue weighted by atomic mass is 35.5. The molecule has 0 atom stereocenters. The summed E-state index contributed by atoms with van der Waals surface area (Å²) < 4.78 is 22.5. The van der Waals surface area contributed by atoms with E-state index >= 15 is 0 Å². The summed E-state index contributed by atoms with van der Waals surface area (Å²) in [6.45, 7) is 0. The number of sulfonamides is 1. The summed E-state index contributed by atoms with van der Waals surface area (Å²) in [5.74, 6) is -0.382. The van der Waals surface area contributed by atoms with Crippen LogP contribution in [0.15, 0.2) is 34.5 Å². The first-order valence-corrected chi connectivity index (χ1v) is 8.34. The fraction of sp³-hybridized carbons (Fsp3) is 0. The average Bonchev–Trinajstić information content (AvgIpc) is 2.85. The smallest absolute Gasteiger partial charge is 0.265 e. The van der Waals surface area contributed by atoms with Gasteiger partial charge in [0.2, 0.25) is 10.0 Å². The minimum Gasteiger partial charge on any atom is -0.319 e. The molecule has 1 aromatic carbocycles. The van der Waals surface area contributed by atoms with Crippen molar-refractivity contribution in [1.29, 1.82) is 0 Å². The van der Waals surface area contributed by atoms with E-state index in [1.54, 1.807) is 17.5 Å². The Kier molecular flexibility index (Phi) is 4.36. The van der Waals surface area contributed by atoms with Gasteiger partial charge in [-0.15, -0.1) is 11.3 Å². The molecule has 2 aromatic rings. The maximum absolute atomic E-state index is 11.9. The Balaban J connectivity index is 2.37. The SMILES string of the molecule is NS(=O)(=O)c1cc(Cl)c(NC(=O)c2cccs2)c(Cl)c1. The molecule has 0 bridgehead atoms. The molecule has 1 heterocycles. The number of amides is 1. The molecule has 0 saturated heterocycles. The van der Waals surface area contributed by atoms with E-state index in [-0.39, 0.29) is 26.5 Å². The number of hydrogen-bond donors (Lipinski definition) is 2. The molecule has 106 valence electrons. The van der Waals surface area contributed by atoms with Crippen LogP contribution in [0, 0.1) is 0 Å². The van der Waals surface area contributed by atoms with Crippen molar-refractivity contribution in [3.63, 3.8) is 0 Å². The molecule has 0 aliphatic heterocycles. The van der Waals surface area contributed by atoms with Gasteiger partial charge in [-0.2, -0.15) is 0 Å². The standard InChI is InChI=1S/C11H8Cl2N2O3S2/c12-7-4-6(20(14,17)18)5-8(13)10(7)15-11(16)9-2-1-3-19-9/h1-5H,(H,15,16)(H2,14,17,18). The van der Waals surface area contributed by atoms with Crippen LogP contribution in [0.4, 0.5) is 5.69 Å². The third kappa shape index (κ3) is 3.31. The minimum absolute atomic E-state index is 0.00793. The van der Waals surface area contributed by atoms with Crippen molar-refractivity contribution in [2.45, 2.75) is 4.90 Å². The Hall–Kier alpha value is -1.12. The largest absolute Gasteiger partial charge is 0.319 e. The number of anilines is 1. The summed E-state index contributed by atoms with van der Waals surface area (Å²) >= 11 is 13.1. The Morgan fingerprint density at radius 3 is 2.30 bits per heavy atom. The Bertz CT molecular complexity index is 735. The topological polar surface area (TPSA) is 89.3 Å². The zero-order valence-electron chi connectivity index (χ0n) is 9.76. The minimum atomic E-state index is -3.92. The number of carbonyl (C=O) groups excluding carboxylic acids is 1. The van der Waals surface area contributed by atoms with Crippen molar-refractivity contribution in [3.05, 3.63) is 44.6 Å². The molecule has 2 rings (SSSR count). The van der Waals surface area contributed by atoms with E-state index in [9.17, 15) is 13.2 Å². The summed E-state index contributed by atoms with van der Waals surface area (Å²) in [7, 11) is -3.92. The molecule has 0 spiro atoms. The average molecular weight is 351 g/mol. The van der Waals surface area contributed by atoms with Crippen LogP contribution in [-0.4, -0.2) is 14.3 Å². The lowest BCUT2D eigenvalue weighted by atomic mass is 10.3. The van der Waals surface area contributed by atoms with Crippen molar-refractivity contribution >= 4 is 56.2 Å². The lowest BCUT2D eigenvalue weighted by Gasteiger charge is -2.10. The number of rotatable bonds is 3. The third-order valence-corrected chi connectivity index (χ3v) is 4.69. The second-order valence-electron chi connectivity index (χ2n) is 3.74. The van der Waals surface area contributed by atoms with E-state index in [4.69, 9.17) is 28.3 Å². The number of nitrogens with one attached hydrogen (secondary N) is 1. The molecule has 20 heavy (non-hydrogen) atoms. The number of halogens is 2. The van der Waals surface area contributed by atoms with Gasteiger partial charge in [-0.1, -0.05) is 29.3 Å². The molecule has 0 fully saturated rings. The fourth-order valence-corrected chi connectivity index (χ4v) is 3.31. The molecule has 3 N–H and O–H groups in total. The third-order valence-electron chi connectivity index (χ3n) is 2.33. The lowest BCUT2D eigenvalue weighted by molar-refractivity contribution is 0.103. The number of carbonyl (C=O) groups is 1. The first-order chi connectivity index (χ1) is 9.29. The molecular weight excluding hydrogens is 343 g/mol. The highest BCUT2D eigenvalue weighted by Gasteiger charge is 2.17. The molecule has 0 aliphatic carbocycles. The van der Waals surface area contributed by atoms with E-state index in [1.165, 1.54) is 11.3 Å². The highest BCUT2D eigenvalue weighted by Crippen LogP contribution is 2.33. The normalized spacial score (nSPS) is 11.3. The molecule has 0 radical (unpaired) electrons. The van der Waals surface area contributed by atoms with Crippen LogP contribution in [-0.2, 0) is 10.0 Å². The van der Waals surface area contributed by atoms with Crippen molar-refractivity contribution in [2.24, 2.45) is 5.14 Å². The Morgan fingerprint density at radius 2 is 1.85 bits per heavy atom. The monoisotopic (exact) mass is 350 g/mol. The number of nitrogens with two attached hydrogens (primary N) is 1. The van der Waals surface area contributed by atoms with E-state index in [1.807, 2.05) is 0 Å². The number of hydrogen-bond acceptors (Lipinski definition) is 4. The van der Waals surface area contributed by atoms with Gasteiger partial charge in [0, 0.05) is 0 Å². The van der Waals surface area contributed by atoms with Gasteiger partial charge in [-0.05, 0) is 23.6 Å². The van der Waals surface area contributed by atoms with Gasteiger partial charge in [0.1, 0.15) is 0 Å². The first kappa shape index (κ1) is 15.3. The van der Waals surface area contributed by atoms with Gasteiger partial charge in [0.25, 0.3) is 5.91 Å². The lowest BCUT2D eigenvalue weighted by Crippen LogP contribution is -2.14. The predicted molar refractivity (Wildman–Crippen MR) is 80.1 cm³/mol. The molecule has 1 aromatic heterocycles. The van der Waals surface area contributed by atoms with E-state index in [0.29, 0.717) is 4.88 Å². The Morgan fingerprint density at radius 1 is 1.25 bits per heavy atom. The molecule has 9 heteroatoms. The maximum atomic E-state index is 11.9. The number of thiophene rings is 1. The summed E-state index contributed by atoms with van der Waals surface area (Å²) in [4.78, 5) is 12.2. The highest BCUT2D eigenvalue weighted by molar-refractivity contribution is 7.89. The zero-order valence-corrected chi connectivity index (χ0v) is 12.9. The fourth-order valence-electron chi connectivity index (χ4n) is 1.42. The van der Waals surface area contributed by atoms with Crippen LogP contribution in [0.5, 0.6) is 0 Å². The van der Waals surface area contributed by atoms with E-state index < -0.39 is 10.0 Å². The molecule has 0 saturated carbocycles. The van der Waals surface area contributed by atoms with Gasteiger partial charge in [-0.3, -0.25) is 4.79 Å². The first-order valence-electron chi connectivity index (χ1n) is 5.16. The molecule has 1 amide bonds. The van der Waals surface area contributed by atoms with E-state index in [2.05, 4.69) is 5.32 Å². The second-order valence-corrected chi connectivity index (χ2v) is 7.06. The van der Waals surface area contributed by atoms with Crippen LogP contribution in [0.1, 0.15) is 9.67 Å². The molecule has 5 nitrogen and oxygen atoms in total. The van der Waals surface area contributed by atoms with Crippen molar-refractivity contribution < 1.29 is 13.2 Å². The number of benzene rings is 1. The van der Waals surface area contributed by atoms with Crippen molar-refractivity contribution in [2.75, 3.05) is 5.32 Å². The van der Waals surface area contributed by atoms with Gasteiger partial charge in [-0.25, -0.2) is 13.6 Å². The summed E-state index contributed by atoms with van der Waals surface area (Å²) in [6.07, 6.45) is 0. The molecular formula is C11H8Cl2N2O3S2. The van der Waals surface area contributed by atoms with Crippen molar-refractivity contribution in [3.8, 4) is 0 Å². The summed E-state index contributed by atoms with van der Waals surface area (Å²) in [6, 6.07) is 5.63. The maximum Gasteiger partial charge on any atom is 0.265 e. The van der Waals surface area contributed by atoms with Crippen molar-refractivity contribution in [1.82, 2.24) is 0 Å². The van der Waals surface area contributed by atoms with Crippen LogP contribution in [0.2, 0.25) is 10.0 Å².